The second kappa shape index (κ2) is 5.53. The maximum Gasteiger partial charge on any atom is 0.329 e. The number of aliphatic carboxylic acids is 1. The van der Waals surface area contributed by atoms with Crippen LogP contribution in [-0.2, 0) is 4.79 Å². The van der Waals surface area contributed by atoms with Gasteiger partial charge in [0.2, 0.25) is 0 Å². The molecule has 1 atom stereocenters. The molecule has 0 saturated carbocycles. The van der Waals surface area contributed by atoms with Gasteiger partial charge >= 0.3 is 5.97 Å². The van der Waals surface area contributed by atoms with E-state index in [1.165, 1.54) is 28.9 Å². The van der Waals surface area contributed by atoms with Crippen LogP contribution in [0, 0.1) is 13.8 Å². The molecule has 2 aromatic rings. The molecule has 118 valence electrons. The zero-order valence-corrected chi connectivity index (χ0v) is 13.6. The minimum absolute atomic E-state index is 0.167. The highest BCUT2D eigenvalue weighted by molar-refractivity contribution is 7.17. The number of carboxylic acid groups (broad SMARTS) is 1. The Kier molecular flexibility index (Phi) is 4.06. The summed E-state index contributed by atoms with van der Waals surface area (Å²) in [6.45, 7) is 6.69. The molecule has 0 spiro atoms. The predicted octanol–water partition coefficient (Wildman–Crippen LogP) is 1.36. The first kappa shape index (κ1) is 16.2. The summed E-state index contributed by atoms with van der Waals surface area (Å²) in [5.74, 6) is -1.89. The fraction of sp³-hybridized carbons (Fsp3) is 0.429. The van der Waals surface area contributed by atoms with Crippen LogP contribution in [0.5, 0.6) is 0 Å². The van der Waals surface area contributed by atoms with Crippen LogP contribution < -0.4 is 10.9 Å². The molecule has 0 radical (unpaired) electrons. The monoisotopic (exact) mass is 323 g/mol. The van der Waals surface area contributed by atoms with Crippen molar-refractivity contribution in [2.75, 3.05) is 0 Å². The Morgan fingerprint density at radius 3 is 2.64 bits per heavy atom. The number of thiazole rings is 1. The standard InChI is InChI=1S/C14H17N3O4S/c1-5-14(4,12(20)21)16-10(18)9-6-15-13-17(11(9)19)7(2)8(3)22-13/h6H,5H2,1-4H3,(H,16,18)(H,20,21). The van der Waals surface area contributed by atoms with Gasteiger partial charge in [0.1, 0.15) is 11.1 Å². The summed E-state index contributed by atoms with van der Waals surface area (Å²) >= 11 is 1.36. The first-order valence-corrected chi connectivity index (χ1v) is 7.56. The van der Waals surface area contributed by atoms with Gasteiger partial charge in [0.15, 0.2) is 4.96 Å². The zero-order chi connectivity index (χ0) is 16.7. The number of hydrogen-bond donors (Lipinski definition) is 2. The van der Waals surface area contributed by atoms with Crippen molar-refractivity contribution >= 4 is 28.2 Å². The molecule has 8 heteroatoms. The largest absolute Gasteiger partial charge is 0.480 e. The number of amides is 1. The van der Waals surface area contributed by atoms with Crippen molar-refractivity contribution in [1.29, 1.82) is 0 Å². The molecule has 0 aromatic carbocycles. The van der Waals surface area contributed by atoms with E-state index in [0.717, 1.165) is 10.6 Å². The van der Waals surface area contributed by atoms with Crippen LogP contribution in [0.15, 0.2) is 11.0 Å². The summed E-state index contributed by atoms with van der Waals surface area (Å²) in [6.07, 6.45) is 1.39. The van der Waals surface area contributed by atoms with E-state index in [1.54, 1.807) is 13.8 Å². The van der Waals surface area contributed by atoms with E-state index in [1.807, 2.05) is 6.92 Å². The molecule has 1 amide bonds. The lowest BCUT2D eigenvalue weighted by Gasteiger charge is -2.24. The van der Waals surface area contributed by atoms with Gasteiger partial charge in [-0.2, -0.15) is 0 Å². The second-order valence-electron chi connectivity index (χ2n) is 5.28. The van der Waals surface area contributed by atoms with Gasteiger partial charge in [-0.15, -0.1) is 11.3 Å². The fourth-order valence-electron chi connectivity index (χ4n) is 1.94. The van der Waals surface area contributed by atoms with Crippen LogP contribution in [0.3, 0.4) is 0 Å². The molecule has 2 N–H and O–H groups in total. The third kappa shape index (κ3) is 2.50. The third-order valence-corrected chi connectivity index (χ3v) is 4.90. The number of nitrogens with zero attached hydrogens (tertiary/aromatic N) is 2. The van der Waals surface area contributed by atoms with E-state index in [0.29, 0.717) is 4.96 Å². The summed E-state index contributed by atoms with van der Waals surface area (Å²) in [5, 5.41) is 11.6. The van der Waals surface area contributed by atoms with E-state index in [2.05, 4.69) is 10.3 Å². The molecule has 0 aliphatic carbocycles. The summed E-state index contributed by atoms with van der Waals surface area (Å²) < 4.78 is 1.37. The number of nitrogens with one attached hydrogen (secondary N) is 1. The topological polar surface area (TPSA) is 101 Å². The minimum atomic E-state index is -1.43. The molecule has 0 bridgehead atoms. The van der Waals surface area contributed by atoms with Crippen LogP contribution in [-0.4, -0.2) is 31.9 Å². The lowest BCUT2D eigenvalue weighted by atomic mass is 9.99. The number of rotatable bonds is 4. The molecule has 2 rings (SSSR count). The highest BCUT2D eigenvalue weighted by Gasteiger charge is 2.34. The van der Waals surface area contributed by atoms with Gasteiger partial charge < -0.3 is 10.4 Å². The van der Waals surface area contributed by atoms with Crippen molar-refractivity contribution < 1.29 is 14.7 Å². The summed E-state index contributed by atoms with van der Waals surface area (Å²) in [4.78, 5) is 41.6. The van der Waals surface area contributed by atoms with Gasteiger partial charge in [-0.25, -0.2) is 9.78 Å². The van der Waals surface area contributed by atoms with E-state index < -0.39 is 23.0 Å². The quantitative estimate of drug-likeness (QED) is 0.884. The van der Waals surface area contributed by atoms with Crippen molar-refractivity contribution in [1.82, 2.24) is 14.7 Å². The summed E-state index contributed by atoms with van der Waals surface area (Å²) in [6, 6.07) is 0. The Labute approximate surface area is 130 Å². The van der Waals surface area contributed by atoms with E-state index in [9.17, 15) is 19.5 Å². The van der Waals surface area contributed by atoms with Crippen molar-refractivity contribution in [3.8, 4) is 0 Å². The SMILES string of the molecule is CCC(C)(NC(=O)c1cnc2sc(C)c(C)n2c1=O)C(=O)O. The third-order valence-electron chi connectivity index (χ3n) is 3.83. The molecular weight excluding hydrogens is 306 g/mol. The Morgan fingerprint density at radius 1 is 1.45 bits per heavy atom. The zero-order valence-electron chi connectivity index (χ0n) is 12.8. The number of aromatic nitrogens is 2. The maximum atomic E-state index is 12.5. The first-order valence-electron chi connectivity index (χ1n) is 6.75. The molecule has 2 heterocycles. The minimum Gasteiger partial charge on any atom is -0.480 e. The number of fused-ring (bicyclic) bond motifs is 1. The molecule has 1 unspecified atom stereocenters. The molecule has 22 heavy (non-hydrogen) atoms. The van der Waals surface area contributed by atoms with Crippen LogP contribution >= 0.6 is 11.3 Å². The second-order valence-corrected chi connectivity index (χ2v) is 6.47. The Bertz CT molecular complexity index is 823. The van der Waals surface area contributed by atoms with Crippen molar-refractivity contribution in [3.63, 3.8) is 0 Å². The Balaban J connectivity index is 2.50. The van der Waals surface area contributed by atoms with Crippen LogP contribution in [0.4, 0.5) is 0 Å². The fourth-order valence-corrected chi connectivity index (χ4v) is 2.87. The number of aryl methyl sites for hydroxylation is 2. The van der Waals surface area contributed by atoms with Crippen LogP contribution in [0.25, 0.3) is 4.96 Å². The summed E-state index contributed by atoms with van der Waals surface area (Å²) in [5.41, 5.74) is -1.36. The predicted molar refractivity (Wildman–Crippen MR) is 82.6 cm³/mol. The van der Waals surface area contributed by atoms with Gasteiger partial charge in [0.25, 0.3) is 11.5 Å². The number of hydrogen-bond acceptors (Lipinski definition) is 5. The number of carbonyl (C=O) groups is 2. The molecule has 2 aromatic heterocycles. The van der Waals surface area contributed by atoms with Gasteiger partial charge in [0.05, 0.1) is 0 Å². The molecular formula is C14H17N3O4S. The average Bonchev–Trinajstić information content (AvgIpc) is 2.74. The van der Waals surface area contributed by atoms with Crippen LogP contribution in [0.2, 0.25) is 0 Å². The highest BCUT2D eigenvalue weighted by Crippen LogP contribution is 2.18. The smallest absolute Gasteiger partial charge is 0.329 e. The highest BCUT2D eigenvalue weighted by atomic mass is 32.1. The van der Waals surface area contributed by atoms with Crippen molar-refractivity contribution in [2.24, 2.45) is 0 Å². The van der Waals surface area contributed by atoms with E-state index in [4.69, 9.17) is 0 Å². The molecule has 0 fully saturated rings. The molecule has 0 aliphatic heterocycles. The number of carbonyl (C=O) groups excluding carboxylic acids is 1. The number of carboxylic acids is 1. The Morgan fingerprint density at radius 2 is 2.09 bits per heavy atom. The van der Waals surface area contributed by atoms with E-state index >= 15 is 0 Å². The summed E-state index contributed by atoms with van der Waals surface area (Å²) in [7, 11) is 0. The van der Waals surface area contributed by atoms with Crippen molar-refractivity contribution in [2.45, 2.75) is 39.7 Å². The molecule has 0 saturated heterocycles. The molecule has 7 nitrogen and oxygen atoms in total. The maximum absolute atomic E-state index is 12.5. The van der Waals surface area contributed by atoms with E-state index in [-0.39, 0.29) is 12.0 Å². The van der Waals surface area contributed by atoms with Gasteiger partial charge in [-0.1, -0.05) is 6.92 Å². The normalized spacial score (nSPS) is 13.8. The average molecular weight is 323 g/mol. The van der Waals surface area contributed by atoms with Gasteiger partial charge in [-0.05, 0) is 27.2 Å². The van der Waals surface area contributed by atoms with Gasteiger partial charge in [-0.3, -0.25) is 14.0 Å². The lowest BCUT2D eigenvalue weighted by Crippen LogP contribution is -2.52. The first-order chi connectivity index (χ1) is 10.2. The van der Waals surface area contributed by atoms with Crippen LogP contribution in [0.1, 0.15) is 41.2 Å². The van der Waals surface area contributed by atoms with Crippen molar-refractivity contribution in [3.05, 3.63) is 32.7 Å². The Hall–Kier alpha value is -2.22. The lowest BCUT2D eigenvalue weighted by molar-refractivity contribution is -0.143. The molecule has 0 aliphatic rings. The van der Waals surface area contributed by atoms with Gasteiger partial charge in [0, 0.05) is 16.8 Å².